The molecule has 3 rings (SSSR count). The van der Waals surface area contributed by atoms with Gasteiger partial charge in [0.1, 0.15) is 5.76 Å². The van der Waals surface area contributed by atoms with Gasteiger partial charge in [-0.05, 0) is 66.9 Å². The van der Waals surface area contributed by atoms with Gasteiger partial charge < -0.3 is 9.32 Å². The van der Waals surface area contributed by atoms with Crippen molar-refractivity contribution < 1.29 is 17.6 Å². The minimum Gasteiger partial charge on any atom is -0.467 e. The number of nitrogens with one attached hydrogen (secondary N) is 1. The Morgan fingerprint density at radius 3 is 2.32 bits per heavy atom. The van der Waals surface area contributed by atoms with E-state index in [0.29, 0.717) is 23.6 Å². The summed E-state index contributed by atoms with van der Waals surface area (Å²) < 4.78 is 32.8. The summed E-state index contributed by atoms with van der Waals surface area (Å²) in [6.07, 6.45) is 3.49. The number of rotatable bonds is 7. The number of nitrogens with zero attached hydrogens (tertiary/aromatic N) is 1. The van der Waals surface area contributed by atoms with Crippen molar-refractivity contribution in [3.63, 3.8) is 0 Å². The smallest absolute Gasteiger partial charge is 0.261 e. The summed E-state index contributed by atoms with van der Waals surface area (Å²) in [4.78, 5) is 15.2. The van der Waals surface area contributed by atoms with Gasteiger partial charge in [-0.3, -0.25) is 9.52 Å². The summed E-state index contributed by atoms with van der Waals surface area (Å²) in [5.74, 6) is 0.506. The fourth-order valence-corrected chi connectivity index (χ4v) is 4.05. The maximum Gasteiger partial charge on any atom is 0.261 e. The van der Waals surface area contributed by atoms with E-state index in [-0.39, 0.29) is 10.8 Å². The molecule has 8 heteroatoms. The van der Waals surface area contributed by atoms with Gasteiger partial charge in [-0.25, -0.2) is 8.42 Å². The van der Waals surface area contributed by atoms with Gasteiger partial charge in [0, 0.05) is 23.2 Å². The van der Waals surface area contributed by atoms with Gasteiger partial charge in [0.25, 0.3) is 15.9 Å². The number of hydrogen-bond acceptors (Lipinski definition) is 5. The summed E-state index contributed by atoms with van der Waals surface area (Å²) in [7, 11) is -2.01. The highest BCUT2D eigenvalue weighted by atomic mass is 32.2. The molecule has 1 heterocycles. The number of carbonyl (C=O) groups excluding carboxylic acids is 1. The Labute approximate surface area is 168 Å². The van der Waals surface area contributed by atoms with Crippen molar-refractivity contribution in [2.75, 3.05) is 18.0 Å². The third-order valence-electron chi connectivity index (χ3n) is 4.07. The van der Waals surface area contributed by atoms with Crippen molar-refractivity contribution in [2.24, 2.45) is 0 Å². The Bertz CT molecular complexity index is 1030. The van der Waals surface area contributed by atoms with Gasteiger partial charge in [0.15, 0.2) is 0 Å². The lowest BCUT2D eigenvalue weighted by Crippen LogP contribution is -2.26. The molecule has 28 heavy (non-hydrogen) atoms. The number of sulfonamides is 1. The zero-order valence-electron chi connectivity index (χ0n) is 15.5. The predicted octanol–water partition coefficient (Wildman–Crippen LogP) is 4.07. The minimum absolute atomic E-state index is 0.182. The molecule has 1 aromatic heterocycles. The molecule has 0 saturated heterocycles. The minimum atomic E-state index is -3.69. The largest absolute Gasteiger partial charge is 0.467 e. The summed E-state index contributed by atoms with van der Waals surface area (Å²) in [5.41, 5.74) is 0.848. The van der Waals surface area contributed by atoms with Crippen LogP contribution in [0.5, 0.6) is 0 Å². The van der Waals surface area contributed by atoms with Crippen molar-refractivity contribution in [2.45, 2.75) is 16.3 Å². The van der Waals surface area contributed by atoms with E-state index >= 15 is 0 Å². The van der Waals surface area contributed by atoms with E-state index < -0.39 is 10.0 Å². The fraction of sp³-hybridized carbons (Fsp3) is 0.150. The van der Waals surface area contributed by atoms with Gasteiger partial charge in [0.2, 0.25) is 0 Å². The molecular formula is C20H20N2O4S2. The number of thioether (sulfide) groups is 1. The summed E-state index contributed by atoms with van der Waals surface area (Å²) in [6, 6.07) is 16.5. The Morgan fingerprint density at radius 2 is 1.75 bits per heavy atom. The van der Waals surface area contributed by atoms with Crippen LogP contribution in [-0.4, -0.2) is 32.5 Å². The fourth-order valence-electron chi connectivity index (χ4n) is 2.58. The van der Waals surface area contributed by atoms with E-state index in [2.05, 4.69) is 4.72 Å². The van der Waals surface area contributed by atoms with Gasteiger partial charge in [-0.1, -0.05) is 0 Å². The van der Waals surface area contributed by atoms with Crippen LogP contribution < -0.4 is 4.72 Å². The second kappa shape index (κ2) is 8.53. The summed E-state index contributed by atoms with van der Waals surface area (Å²) in [6.45, 7) is 0.353. The van der Waals surface area contributed by atoms with Crippen molar-refractivity contribution in [1.29, 1.82) is 0 Å². The predicted molar refractivity (Wildman–Crippen MR) is 110 cm³/mol. The number of furan rings is 1. The average molecular weight is 417 g/mol. The monoisotopic (exact) mass is 416 g/mol. The van der Waals surface area contributed by atoms with Gasteiger partial charge in [-0.2, -0.15) is 0 Å². The van der Waals surface area contributed by atoms with Crippen LogP contribution in [0.3, 0.4) is 0 Å². The molecule has 146 valence electrons. The Morgan fingerprint density at radius 1 is 1.07 bits per heavy atom. The molecule has 0 bridgehead atoms. The zero-order chi connectivity index (χ0) is 20.1. The molecule has 0 aliphatic rings. The lowest BCUT2D eigenvalue weighted by Gasteiger charge is -2.16. The third-order valence-corrected chi connectivity index (χ3v) is 6.21. The topological polar surface area (TPSA) is 79.6 Å². The molecular weight excluding hydrogens is 396 g/mol. The first-order valence-electron chi connectivity index (χ1n) is 8.44. The standard InChI is InChI=1S/C20H20N2O4S2/c1-22(14-17-4-3-13-26-17)20(23)15-5-7-16(8-6-15)21-28(24,25)19-11-9-18(27-2)10-12-19/h3-13,21H,14H2,1-2H3. The van der Waals surface area contributed by atoms with Crippen LogP contribution in [0.4, 0.5) is 5.69 Å². The van der Waals surface area contributed by atoms with Crippen molar-refractivity contribution in [3.05, 3.63) is 78.3 Å². The number of carbonyl (C=O) groups is 1. The molecule has 0 atom stereocenters. The number of amides is 1. The van der Waals surface area contributed by atoms with Gasteiger partial charge >= 0.3 is 0 Å². The van der Waals surface area contributed by atoms with Crippen LogP contribution in [0.25, 0.3) is 0 Å². The number of benzene rings is 2. The highest BCUT2D eigenvalue weighted by Gasteiger charge is 2.16. The summed E-state index contributed by atoms with van der Waals surface area (Å²) >= 11 is 1.54. The molecule has 1 amide bonds. The van der Waals surface area contributed by atoms with Crippen LogP contribution in [0.15, 0.2) is 81.1 Å². The molecule has 0 aliphatic heterocycles. The van der Waals surface area contributed by atoms with Crippen LogP contribution >= 0.6 is 11.8 Å². The Kier molecular flexibility index (Phi) is 6.11. The van der Waals surface area contributed by atoms with Gasteiger partial charge in [-0.15, -0.1) is 11.8 Å². The first kappa shape index (κ1) is 20.0. The van der Waals surface area contributed by atoms with Crippen LogP contribution in [-0.2, 0) is 16.6 Å². The van der Waals surface area contributed by atoms with E-state index in [4.69, 9.17) is 4.42 Å². The molecule has 0 aliphatic carbocycles. The average Bonchev–Trinajstić information content (AvgIpc) is 3.21. The van der Waals surface area contributed by atoms with Crippen molar-refractivity contribution in [1.82, 2.24) is 4.90 Å². The SMILES string of the molecule is CSc1ccc(S(=O)(=O)Nc2ccc(C(=O)N(C)Cc3ccco3)cc2)cc1. The first-order chi connectivity index (χ1) is 13.4. The highest BCUT2D eigenvalue weighted by Crippen LogP contribution is 2.21. The molecule has 0 spiro atoms. The molecule has 3 aromatic rings. The van der Waals surface area contributed by atoms with Gasteiger partial charge in [0.05, 0.1) is 17.7 Å². The molecule has 1 N–H and O–H groups in total. The maximum atomic E-state index is 12.5. The summed E-state index contributed by atoms with van der Waals surface area (Å²) in [5, 5.41) is 0. The maximum absolute atomic E-state index is 12.5. The van der Waals surface area contributed by atoms with E-state index in [0.717, 1.165) is 4.90 Å². The van der Waals surface area contributed by atoms with E-state index in [9.17, 15) is 13.2 Å². The third kappa shape index (κ3) is 4.76. The van der Waals surface area contributed by atoms with Crippen molar-refractivity contribution in [3.8, 4) is 0 Å². The van der Waals surface area contributed by atoms with E-state index in [1.807, 2.05) is 6.26 Å². The number of anilines is 1. The van der Waals surface area contributed by atoms with Crippen LogP contribution in [0, 0.1) is 0 Å². The highest BCUT2D eigenvalue weighted by molar-refractivity contribution is 7.98. The lowest BCUT2D eigenvalue weighted by atomic mass is 10.2. The molecule has 6 nitrogen and oxygen atoms in total. The quantitative estimate of drug-likeness (QED) is 0.587. The second-order valence-electron chi connectivity index (χ2n) is 6.10. The van der Waals surface area contributed by atoms with E-state index in [1.165, 1.54) is 4.90 Å². The molecule has 0 saturated carbocycles. The first-order valence-corrected chi connectivity index (χ1v) is 11.1. The van der Waals surface area contributed by atoms with Crippen LogP contribution in [0.2, 0.25) is 0 Å². The lowest BCUT2D eigenvalue weighted by molar-refractivity contribution is 0.0775. The van der Waals surface area contributed by atoms with E-state index in [1.54, 1.807) is 85.7 Å². The molecule has 0 radical (unpaired) electrons. The Balaban J connectivity index is 1.68. The van der Waals surface area contributed by atoms with Crippen LogP contribution in [0.1, 0.15) is 16.1 Å². The second-order valence-corrected chi connectivity index (χ2v) is 8.66. The molecule has 0 unspecified atom stereocenters. The Hall–Kier alpha value is -2.71. The molecule has 2 aromatic carbocycles. The number of hydrogen-bond donors (Lipinski definition) is 1. The van der Waals surface area contributed by atoms with Crippen molar-refractivity contribution >= 4 is 33.4 Å². The molecule has 0 fully saturated rings. The normalized spacial score (nSPS) is 11.2. The zero-order valence-corrected chi connectivity index (χ0v) is 17.1.